The summed E-state index contributed by atoms with van der Waals surface area (Å²) in [6, 6.07) is 0. The molecule has 2 aliphatic rings. The first kappa shape index (κ1) is 16.3. The van der Waals surface area contributed by atoms with Crippen LogP contribution in [0.2, 0.25) is 0 Å². The van der Waals surface area contributed by atoms with E-state index in [2.05, 4.69) is 22.6 Å². The highest BCUT2D eigenvalue weighted by molar-refractivity contribution is 5.78. The molecule has 2 rings (SSSR count). The quantitative estimate of drug-likeness (QED) is 0.733. The number of rotatable bonds is 4. The van der Waals surface area contributed by atoms with Gasteiger partial charge in [0.05, 0.1) is 13.1 Å². The van der Waals surface area contributed by atoms with E-state index in [-0.39, 0.29) is 17.9 Å². The molecule has 1 atom stereocenters. The summed E-state index contributed by atoms with van der Waals surface area (Å²) in [4.78, 5) is 18.7. The van der Waals surface area contributed by atoms with Crippen molar-refractivity contribution in [1.82, 2.24) is 14.7 Å². The van der Waals surface area contributed by atoms with Crippen molar-refractivity contribution in [3.63, 3.8) is 0 Å². The van der Waals surface area contributed by atoms with E-state index in [9.17, 15) is 9.90 Å². The molecule has 0 aromatic heterocycles. The van der Waals surface area contributed by atoms with Gasteiger partial charge < -0.3 is 10.0 Å². The summed E-state index contributed by atoms with van der Waals surface area (Å²) in [6.07, 6.45) is 7.41. The largest absolute Gasteiger partial charge is 0.396 e. The fraction of sp³-hybridized carbons (Fsp3) is 0.812. The van der Waals surface area contributed by atoms with E-state index in [0.717, 1.165) is 52.1 Å². The zero-order chi connectivity index (χ0) is 15.3. The van der Waals surface area contributed by atoms with Gasteiger partial charge in [-0.1, -0.05) is 12.8 Å². The van der Waals surface area contributed by atoms with Crippen LogP contribution in [-0.2, 0) is 4.79 Å². The highest BCUT2D eigenvalue weighted by Gasteiger charge is 2.32. The maximum Gasteiger partial charge on any atom is 0.236 e. The Morgan fingerprint density at radius 1 is 1.24 bits per heavy atom. The van der Waals surface area contributed by atoms with Gasteiger partial charge >= 0.3 is 0 Å². The lowest BCUT2D eigenvalue weighted by Crippen LogP contribution is -2.53. The average Bonchev–Trinajstić information content (AvgIpc) is 2.48. The molecule has 1 unspecified atom stereocenters. The Balaban J connectivity index is 1.78. The molecule has 21 heavy (non-hydrogen) atoms. The number of terminal acetylenes is 1. The van der Waals surface area contributed by atoms with E-state index in [1.807, 2.05) is 4.90 Å². The van der Waals surface area contributed by atoms with Crippen molar-refractivity contribution >= 4 is 5.91 Å². The maximum atomic E-state index is 12.4. The molecular formula is C16H27N3O2. The van der Waals surface area contributed by atoms with Crippen LogP contribution in [0.15, 0.2) is 0 Å². The molecule has 1 amide bonds. The molecule has 2 aliphatic heterocycles. The summed E-state index contributed by atoms with van der Waals surface area (Å²) in [7, 11) is 0. The number of piperidine rings is 1. The Bertz CT molecular complexity index is 399. The van der Waals surface area contributed by atoms with Crippen LogP contribution in [0.3, 0.4) is 0 Å². The van der Waals surface area contributed by atoms with E-state index in [1.165, 1.54) is 0 Å². The molecule has 1 N–H and O–H groups in total. The second kappa shape index (κ2) is 7.26. The van der Waals surface area contributed by atoms with E-state index < -0.39 is 0 Å². The highest BCUT2D eigenvalue weighted by atomic mass is 16.3. The number of piperazine rings is 1. The number of likely N-dealkylation sites (tertiary alicyclic amines) is 1. The summed E-state index contributed by atoms with van der Waals surface area (Å²) in [5.41, 5.74) is -0.0516. The topological polar surface area (TPSA) is 47.0 Å². The predicted molar refractivity (Wildman–Crippen MR) is 82.7 cm³/mol. The number of nitrogens with zero attached hydrogens (tertiary/aromatic N) is 3. The Labute approximate surface area is 127 Å². The second-order valence-electron chi connectivity index (χ2n) is 6.64. The van der Waals surface area contributed by atoms with Crippen LogP contribution in [0.1, 0.15) is 19.8 Å². The maximum absolute atomic E-state index is 12.4. The van der Waals surface area contributed by atoms with Gasteiger partial charge in [0, 0.05) is 44.7 Å². The number of aliphatic hydroxyl groups is 1. The van der Waals surface area contributed by atoms with Crippen LogP contribution in [0.5, 0.6) is 0 Å². The molecule has 0 spiro atoms. The molecule has 0 saturated carbocycles. The van der Waals surface area contributed by atoms with Gasteiger partial charge in [-0.05, 0) is 19.4 Å². The first-order valence-corrected chi connectivity index (χ1v) is 7.83. The minimum absolute atomic E-state index is 0.0516. The summed E-state index contributed by atoms with van der Waals surface area (Å²) in [6.45, 7) is 8.48. The molecule has 5 nitrogen and oxygen atoms in total. The van der Waals surface area contributed by atoms with Crippen molar-refractivity contribution in [3.05, 3.63) is 0 Å². The zero-order valence-corrected chi connectivity index (χ0v) is 13.1. The van der Waals surface area contributed by atoms with Crippen LogP contribution in [-0.4, -0.2) is 84.7 Å². The van der Waals surface area contributed by atoms with E-state index in [4.69, 9.17) is 6.42 Å². The lowest BCUT2D eigenvalue weighted by molar-refractivity contribution is -0.135. The Morgan fingerprint density at radius 2 is 1.95 bits per heavy atom. The van der Waals surface area contributed by atoms with Crippen LogP contribution in [0, 0.1) is 17.8 Å². The minimum Gasteiger partial charge on any atom is -0.396 e. The highest BCUT2D eigenvalue weighted by Crippen LogP contribution is 2.28. The van der Waals surface area contributed by atoms with Gasteiger partial charge in [-0.3, -0.25) is 14.6 Å². The first-order chi connectivity index (χ1) is 10.1. The number of hydrogen-bond acceptors (Lipinski definition) is 4. The summed E-state index contributed by atoms with van der Waals surface area (Å²) in [5, 5.41) is 9.49. The molecule has 0 aliphatic carbocycles. The number of hydrogen-bond donors (Lipinski definition) is 1. The van der Waals surface area contributed by atoms with Gasteiger partial charge in [-0.2, -0.15) is 0 Å². The van der Waals surface area contributed by atoms with E-state index in [1.54, 1.807) is 0 Å². The molecule has 118 valence electrons. The fourth-order valence-electron chi connectivity index (χ4n) is 3.27. The zero-order valence-electron chi connectivity index (χ0n) is 13.1. The van der Waals surface area contributed by atoms with Crippen LogP contribution < -0.4 is 0 Å². The monoisotopic (exact) mass is 293 g/mol. The lowest BCUT2D eigenvalue weighted by atomic mass is 9.83. The standard InChI is InChI=1S/C16H27N3O2/c1-3-6-17-8-10-19(11-9-17)15(21)12-18-7-4-5-16(2,13-18)14-20/h1,20H,4-14H2,2H3. The molecule has 0 aromatic rings. The Morgan fingerprint density at radius 3 is 2.57 bits per heavy atom. The van der Waals surface area contributed by atoms with Gasteiger partial charge in [0.1, 0.15) is 0 Å². The Kier molecular flexibility index (Phi) is 5.63. The number of amides is 1. The molecule has 2 saturated heterocycles. The van der Waals surface area contributed by atoms with Crippen molar-refractivity contribution in [2.24, 2.45) is 5.41 Å². The van der Waals surface area contributed by atoms with Gasteiger partial charge in [0.25, 0.3) is 0 Å². The van der Waals surface area contributed by atoms with Crippen molar-refractivity contribution < 1.29 is 9.90 Å². The van der Waals surface area contributed by atoms with E-state index in [0.29, 0.717) is 13.1 Å². The molecule has 0 bridgehead atoms. The van der Waals surface area contributed by atoms with Crippen molar-refractivity contribution in [2.75, 3.05) is 59.0 Å². The third-order valence-electron chi connectivity index (χ3n) is 4.64. The van der Waals surface area contributed by atoms with Gasteiger partial charge in [0.15, 0.2) is 0 Å². The lowest BCUT2D eigenvalue weighted by Gasteiger charge is -2.40. The molecule has 5 heteroatoms. The molecule has 2 heterocycles. The number of aliphatic hydroxyl groups excluding tert-OH is 1. The third kappa shape index (κ3) is 4.44. The molecule has 0 aromatic carbocycles. The van der Waals surface area contributed by atoms with Crippen molar-refractivity contribution in [3.8, 4) is 12.3 Å². The average molecular weight is 293 g/mol. The van der Waals surface area contributed by atoms with Gasteiger partial charge in [-0.25, -0.2) is 0 Å². The van der Waals surface area contributed by atoms with Crippen LogP contribution in [0.25, 0.3) is 0 Å². The van der Waals surface area contributed by atoms with Gasteiger partial charge in [0.2, 0.25) is 5.91 Å². The minimum atomic E-state index is -0.0516. The fourth-order valence-corrected chi connectivity index (χ4v) is 3.27. The number of carbonyl (C=O) groups excluding carboxylic acids is 1. The normalized spacial score (nSPS) is 28.3. The molecule has 2 fully saturated rings. The van der Waals surface area contributed by atoms with Crippen LogP contribution >= 0.6 is 0 Å². The predicted octanol–water partition coefficient (Wildman–Crippen LogP) is -0.142. The molecular weight excluding hydrogens is 266 g/mol. The molecule has 0 radical (unpaired) electrons. The van der Waals surface area contributed by atoms with E-state index >= 15 is 0 Å². The van der Waals surface area contributed by atoms with Crippen LogP contribution in [0.4, 0.5) is 0 Å². The SMILES string of the molecule is C#CCN1CCN(C(=O)CN2CCCC(C)(CO)C2)CC1. The van der Waals surface area contributed by atoms with Crippen molar-refractivity contribution in [1.29, 1.82) is 0 Å². The first-order valence-electron chi connectivity index (χ1n) is 7.83. The third-order valence-corrected chi connectivity index (χ3v) is 4.64. The Hall–Kier alpha value is -1.09. The van der Waals surface area contributed by atoms with Crippen molar-refractivity contribution in [2.45, 2.75) is 19.8 Å². The second-order valence-corrected chi connectivity index (χ2v) is 6.64. The van der Waals surface area contributed by atoms with Gasteiger partial charge in [-0.15, -0.1) is 6.42 Å². The summed E-state index contributed by atoms with van der Waals surface area (Å²) < 4.78 is 0. The summed E-state index contributed by atoms with van der Waals surface area (Å²) >= 11 is 0. The number of carbonyl (C=O) groups is 1. The smallest absolute Gasteiger partial charge is 0.236 e. The summed E-state index contributed by atoms with van der Waals surface area (Å²) in [5.74, 6) is 2.86.